The number of rotatable bonds is 2. The monoisotopic (exact) mass is 140 g/mol. The first-order chi connectivity index (χ1) is 4.90. The lowest BCUT2D eigenvalue weighted by Gasteiger charge is -2.11. The summed E-state index contributed by atoms with van der Waals surface area (Å²) in [7, 11) is 0. The molecule has 1 saturated carbocycles. The van der Waals surface area contributed by atoms with E-state index < -0.39 is 0 Å². The molecule has 0 amide bonds. The van der Waals surface area contributed by atoms with Gasteiger partial charge in [0.05, 0.1) is 0 Å². The van der Waals surface area contributed by atoms with E-state index in [1.54, 1.807) is 0 Å². The molecule has 10 heavy (non-hydrogen) atoms. The van der Waals surface area contributed by atoms with Gasteiger partial charge in [-0.15, -0.1) is 0 Å². The second-order valence-corrected chi connectivity index (χ2v) is 3.65. The Kier molecular flexibility index (Phi) is 1.66. The van der Waals surface area contributed by atoms with E-state index in [1.165, 1.54) is 32.4 Å². The van der Waals surface area contributed by atoms with Crippen LogP contribution in [0.4, 0.5) is 0 Å². The summed E-state index contributed by atoms with van der Waals surface area (Å²) < 4.78 is 0. The molecule has 58 valence electrons. The lowest BCUT2D eigenvalue weighted by Crippen LogP contribution is -2.27. The van der Waals surface area contributed by atoms with Crippen molar-refractivity contribution in [1.82, 2.24) is 4.90 Å². The van der Waals surface area contributed by atoms with Gasteiger partial charge in [0, 0.05) is 13.2 Å². The SMILES string of the molecule is NCN1CC[C@@H](C2CC2)C1. The number of likely N-dealkylation sites (tertiary alicyclic amines) is 1. The van der Waals surface area contributed by atoms with Crippen LogP contribution in [0, 0.1) is 11.8 Å². The lowest BCUT2D eigenvalue weighted by atomic mass is 10.0. The third-order valence-corrected chi connectivity index (χ3v) is 2.86. The fraction of sp³-hybridized carbons (Fsp3) is 1.00. The molecule has 0 bridgehead atoms. The number of hydrogen-bond acceptors (Lipinski definition) is 2. The van der Waals surface area contributed by atoms with E-state index >= 15 is 0 Å². The van der Waals surface area contributed by atoms with Gasteiger partial charge in [0.2, 0.25) is 0 Å². The minimum absolute atomic E-state index is 0.767. The summed E-state index contributed by atoms with van der Waals surface area (Å²) in [5.74, 6) is 2.08. The minimum atomic E-state index is 0.767. The Balaban J connectivity index is 1.81. The topological polar surface area (TPSA) is 29.3 Å². The van der Waals surface area contributed by atoms with Crippen molar-refractivity contribution in [2.45, 2.75) is 19.3 Å². The number of nitrogens with two attached hydrogens (primary N) is 1. The van der Waals surface area contributed by atoms with Gasteiger partial charge in [-0.2, -0.15) is 0 Å². The highest BCUT2D eigenvalue weighted by atomic mass is 15.2. The molecular weight excluding hydrogens is 124 g/mol. The molecule has 1 atom stereocenters. The fourth-order valence-corrected chi connectivity index (χ4v) is 1.98. The molecule has 0 aromatic heterocycles. The van der Waals surface area contributed by atoms with Crippen molar-refractivity contribution in [1.29, 1.82) is 0 Å². The molecular formula is C8H16N2. The third-order valence-electron chi connectivity index (χ3n) is 2.86. The maximum Gasteiger partial charge on any atom is 0.0455 e. The molecule has 0 aromatic carbocycles. The second kappa shape index (κ2) is 2.51. The lowest BCUT2D eigenvalue weighted by molar-refractivity contribution is 0.326. The highest BCUT2D eigenvalue weighted by Crippen LogP contribution is 2.40. The predicted octanol–water partition coefficient (Wildman–Crippen LogP) is 0.634. The van der Waals surface area contributed by atoms with Crippen molar-refractivity contribution >= 4 is 0 Å². The minimum Gasteiger partial charge on any atom is -0.318 e. The Bertz CT molecular complexity index is 120. The Hall–Kier alpha value is -0.0800. The Morgan fingerprint density at radius 1 is 1.20 bits per heavy atom. The molecule has 2 rings (SSSR count). The van der Waals surface area contributed by atoms with E-state index in [2.05, 4.69) is 4.90 Å². The zero-order chi connectivity index (χ0) is 6.97. The molecule has 2 N–H and O–H groups in total. The van der Waals surface area contributed by atoms with Crippen molar-refractivity contribution in [2.75, 3.05) is 19.8 Å². The molecule has 0 aromatic rings. The van der Waals surface area contributed by atoms with Gasteiger partial charge in [-0.25, -0.2) is 0 Å². The second-order valence-electron chi connectivity index (χ2n) is 3.65. The van der Waals surface area contributed by atoms with Crippen LogP contribution in [-0.2, 0) is 0 Å². The molecule has 1 aliphatic carbocycles. The normalized spacial score (nSPS) is 35.1. The summed E-state index contributed by atoms with van der Waals surface area (Å²) in [6.07, 6.45) is 4.38. The zero-order valence-corrected chi connectivity index (χ0v) is 6.42. The van der Waals surface area contributed by atoms with Crippen molar-refractivity contribution in [2.24, 2.45) is 17.6 Å². The summed E-state index contributed by atoms with van der Waals surface area (Å²) in [6.45, 7) is 3.29. The van der Waals surface area contributed by atoms with Crippen molar-refractivity contribution < 1.29 is 0 Å². The highest BCUT2D eigenvalue weighted by molar-refractivity contribution is 4.87. The van der Waals surface area contributed by atoms with E-state index in [4.69, 9.17) is 5.73 Å². The van der Waals surface area contributed by atoms with Gasteiger partial charge in [0.1, 0.15) is 0 Å². The third kappa shape index (κ3) is 1.18. The Morgan fingerprint density at radius 2 is 2.00 bits per heavy atom. The summed E-state index contributed by atoms with van der Waals surface area (Å²) in [5, 5.41) is 0. The van der Waals surface area contributed by atoms with Crippen LogP contribution < -0.4 is 5.73 Å². The van der Waals surface area contributed by atoms with E-state index in [1.807, 2.05) is 0 Å². The number of hydrogen-bond donors (Lipinski definition) is 1. The standard InChI is InChI=1S/C8H16N2/c9-6-10-4-3-8(5-10)7-1-2-7/h7-8H,1-6,9H2/t8-/m1/s1. The molecule has 1 heterocycles. The van der Waals surface area contributed by atoms with Gasteiger partial charge < -0.3 is 5.73 Å². The van der Waals surface area contributed by atoms with Crippen LogP contribution in [0.25, 0.3) is 0 Å². The van der Waals surface area contributed by atoms with Gasteiger partial charge in [-0.3, -0.25) is 4.90 Å². The van der Waals surface area contributed by atoms with E-state index in [0.717, 1.165) is 18.5 Å². The molecule has 0 radical (unpaired) electrons. The summed E-state index contributed by atoms with van der Waals surface area (Å²) in [6, 6.07) is 0. The van der Waals surface area contributed by atoms with E-state index in [-0.39, 0.29) is 0 Å². The van der Waals surface area contributed by atoms with Crippen LogP contribution in [-0.4, -0.2) is 24.7 Å². The Morgan fingerprint density at radius 3 is 2.50 bits per heavy atom. The number of nitrogens with zero attached hydrogens (tertiary/aromatic N) is 1. The molecule has 2 aliphatic rings. The van der Waals surface area contributed by atoms with Crippen LogP contribution in [0.15, 0.2) is 0 Å². The van der Waals surface area contributed by atoms with Crippen LogP contribution in [0.3, 0.4) is 0 Å². The van der Waals surface area contributed by atoms with Crippen LogP contribution in [0.2, 0.25) is 0 Å². The van der Waals surface area contributed by atoms with Gasteiger partial charge >= 0.3 is 0 Å². The summed E-state index contributed by atoms with van der Waals surface area (Å²) in [5.41, 5.74) is 5.54. The van der Waals surface area contributed by atoms with Crippen molar-refractivity contribution in [3.63, 3.8) is 0 Å². The molecule has 1 aliphatic heterocycles. The predicted molar refractivity (Wildman–Crippen MR) is 41.5 cm³/mol. The molecule has 2 fully saturated rings. The summed E-state index contributed by atoms with van der Waals surface area (Å²) in [4.78, 5) is 2.36. The maximum absolute atomic E-state index is 5.54. The fourth-order valence-electron chi connectivity index (χ4n) is 1.98. The first-order valence-electron chi connectivity index (χ1n) is 4.32. The molecule has 2 heteroatoms. The largest absolute Gasteiger partial charge is 0.318 e. The average molecular weight is 140 g/mol. The van der Waals surface area contributed by atoms with Gasteiger partial charge in [0.25, 0.3) is 0 Å². The first-order valence-corrected chi connectivity index (χ1v) is 4.32. The molecule has 1 saturated heterocycles. The highest BCUT2D eigenvalue weighted by Gasteiger charge is 2.35. The van der Waals surface area contributed by atoms with Crippen LogP contribution >= 0.6 is 0 Å². The van der Waals surface area contributed by atoms with Gasteiger partial charge in [0.15, 0.2) is 0 Å². The van der Waals surface area contributed by atoms with Crippen molar-refractivity contribution in [3.05, 3.63) is 0 Å². The van der Waals surface area contributed by atoms with Gasteiger partial charge in [-0.1, -0.05) is 0 Å². The molecule has 0 spiro atoms. The molecule has 2 nitrogen and oxygen atoms in total. The van der Waals surface area contributed by atoms with Gasteiger partial charge in [-0.05, 0) is 37.6 Å². The Labute approximate surface area is 62.4 Å². The van der Waals surface area contributed by atoms with Crippen molar-refractivity contribution in [3.8, 4) is 0 Å². The van der Waals surface area contributed by atoms with E-state index in [0.29, 0.717) is 0 Å². The van der Waals surface area contributed by atoms with E-state index in [9.17, 15) is 0 Å². The zero-order valence-electron chi connectivity index (χ0n) is 6.42. The smallest absolute Gasteiger partial charge is 0.0455 e. The summed E-state index contributed by atoms with van der Waals surface area (Å²) >= 11 is 0. The quantitative estimate of drug-likeness (QED) is 0.609. The first kappa shape index (κ1) is 6.62. The average Bonchev–Trinajstić information content (AvgIpc) is 2.70. The molecule has 0 unspecified atom stereocenters. The van der Waals surface area contributed by atoms with Crippen LogP contribution in [0.5, 0.6) is 0 Å². The van der Waals surface area contributed by atoms with Crippen LogP contribution in [0.1, 0.15) is 19.3 Å². The maximum atomic E-state index is 5.54.